The molecule has 1 nitrogen and oxygen atoms in total. The fraction of sp³-hybridized carbons (Fsp3) is 0.556. The summed E-state index contributed by atoms with van der Waals surface area (Å²) in [6.45, 7) is 4.38. The van der Waals surface area contributed by atoms with Gasteiger partial charge in [0, 0.05) is 22.4 Å². The molecule has 0 saturated heterocycles. The number of aryl methyl sites for hydroxylation is 1. The van der Waals surface area contributed by atoms with E-state index in [1.807, 2.05) is 11.8 Å². The molecule has 2 heteroatoms. The predicted molar refractivity (Wildman–Crippen MR) is 90.3 cm³/mol. The zero-order valence-electron chi connectivity index (χ0n) is 12.8. The molecule has 0 spiro atoms. The van der Waals surface area contributed by atoms with Gasteiger partial charge in [-0.05, 0) is 38.3 Å². The smallest absolute Gasteiger partial charge is 0.0376 e. The fourth-order valence-corrected chi connectivity index (χ4v) is 3.75. The standard InChI is InChI=1S/C18H27NS/c1-3-8-17(19-16-10-5-4-6-11-16)14-20-18-12-7-9-15(2)13-18/h7-9,12-13,16,19H,3-6,10-11,14H2,1-2H3/b17-8+. The van der Waals surface area contributed by atoms with Crippen molar-refractivity contribution >= 4 is 11.8 Å². The number of allylic oxidation sites excluding steroid dienone is 1. The Kier molecular flexibility index (Phi) is 6.52. The molecule has 110 valence electrons. The molecule has 0 aliphatic heterocycles. The van der Waals surface area contributed by atoms with Gasteiger partial charge in [-0.25, -0.2) is 0 Å². The van der Waals surface area contributed by atoms with Crippen LogP contribution in [0.2, 0.25) is 0 Å². The Labute approximate surface area is 128 Å². The molecule has 20 heavy (non-hydrogen) atoms. The quantitative estimate of drug-likeness (QED) is 0.713. The van der Waals surface area contributed by atoms with Gasteiger partial charge in [0.15, 0.2) is 0 Å². The lowest BCUT2D eigenvalue weighted by molar-refractivity contribution is 0.397. The van der Waals surface area contributed by atoms with E-state index in [-0.39, 0.29) is 0 Å². The first-order valence-electron chi connectivity index (χ1n) is 7.93. The molecule has 0 unspecified atom stereocenters. The van der Waals surface area contributed by atoms with Gasteiger partial charge in [0.2, 0.25) is 0 Å². The molecule has 1 aromatic carbocycles. The highest BCUT2D eigenvalue weighted by molar-refractivity contribution is 7.99. The molecule has 0 aromatic heterocycles. The summed E-state index contributed by atoms with van der Waals surface area (Å²) in [4.78, 5) is 1.37. The second kappa shape index (κ2) is 8.41. The Bertz CT molecular complexity index is 433. The van der Waals surface area contributed by atoms with Crippen LogP contribution in [-0.4, -0.2) is 11.8 Å². The van der Waals surface area contributed by atoms with E-state index in [4.69, 9.17) is 0 Å². The summed E-state index contributed by atoms with van der Waals surface area (Å²) in [6.07, 6.45) is 10.4. The Morgan fingerprint density at radius 3 is 2.80 bits per heavy atom. The Morgan fingerprint density at radius 2 is 2.10 bits per heavy atom. The summed E-state index contributed by atoms with van der Waals surface area (Å²) in [6, 6.07) is 9.50. The molecule has 0 radical (unpaired) electrons. The zero-order valence-corrected chi connectivity index (χ0v) is 13.6. The molecule has 0 amide bonds. The van der Waals surface area contributed by atoms with Crippen LogP contribution >= 0.6 is 11.8 Å². The summed E-state index contributed by atoms with van der Waals surface area (Å²) in [5, 5.41) is 3.78. The second-order valence-corrected chi connectivity index (χ2v) is 6.77. The van der Waals surface area contributed by atoms with Gasteiger partial charge < -0.3 is 5.32 Å². The average Bonchev–Trinajstić information content (AvgIpc) is 2.46. The van der Waals surface area contributed by atoms with Crippen LogP contribution in [-0.2, 0) is 0 Å². The lowest BCUT2D eigenvalue weighted by Gasteiger charge is -2.25. The molecular formula is C18H27NS. The second-order valence-electron chi connectivity index (χ2n) is 5.72. The number of hydrogen-bond acceptors (Lipinski definition) is 2. The van der Waals surface area contributed by atoms with Gasteiger partial charge >= 0.3 is 0 Å². The average molecular weight is 289 g/mol. The van der Waals surface area contributed by atoms with Crippen molar-refractivity contribution in [2.75, 3.05) is 5.75 Å². The Hall–Kier alpha value is -0.890. The number of thioether (sulfide) groups is 1. The van der Waals surface area contributed by atoms with Crippen LogP contribution in [0.5, 0.6) is 0 Å². The van der Waals surface area contributed by atoms with E-state index in [1.165, 1.54) is 48.3 Å². The van der Waals surface area contributed by atoms with Crippen LogP contribution in [0, 0.1) is 6.92 Å². The molecule has 0 heterocycles. The van der Waals surface area contributed by atoms with E-state index >= 15 is 0 Å². The van der Waals surface area contributed by atoms with Crippen molar-refractivity contribution in [3.63, 3.8) is 0 Å². The number of rotatable bonds is 6. The van der Waals surface area contributed by atoms with Gasteiger partial charge in [0.1, 0.15) is 0 Å². The van der Waals surface area contributed by atoms with E-state index in [0.29, 0.717) is 6.04 Å². The lowest BCUT2D eigenvalue weighted by atomic mass is 9.95. The SMILES string of the molecule is CC/C=C(\CSc1cccc(C)c1)NC1CCCCC1. The van der Waals surface area contributed by atoms with Crippen molar-refractivity contribution in [3.05, 3.63) is 41.6 Å². The molecular weight excluding hydrogens is 262 g/mol. The first-order chi connectivity index (χ1) is 9.78. The fourth-order valence-electron chi connectivity index (χ4n) is 2.78. The third-order valence-corrected chi connectivity index (χ3v) is 4.87. The third kappa shape index (κ3) is 5.24. The molecule has 0 bridgehead atoms. The minimum absolute atomic E-state index is 0.708. The number of benzene rings is 1. The van der Waals surface area contributed by atoms with E-state index in [2.05, 4.69) is 49.5 Å². The van der Waals surface area contributed by atoms with Crippen LogP contribution in [0.15, 0.2) is 40.9 Å². The van der Waals surface area contributed by atoms with Crippen molar-refractivity contribution in [3.8, 4) is 0 Å². The van der Waals surface area contributed by atoms with E-state index in [0.717, 1.165) is 12.2 Å². The van der Waals surface area contributed by atoms with Crippen LogP contribution < -0.4 is 5.32 Å². The summed E-state index contributed by atoms with van der Waals surface area (Å²) in [7, 11) is 0. The van der Waals surface area contributed by atoms with Gasteiger partial charge in [-0.15, -0.1) is 11.8 Å². The summed E-state index contributed by atoms with van der Waals surface area (Å²) >= 11 is 1.94. The molecule has 2 rings (SSSR count). The van der Waals surface area contributed by atoms with E-state index in [1.54, 1.807) is 0 Å². The van der Waals surface area contributed by atoms with Gasteiger partial charge in [0.25, 0.3) is 0 Å². The van der Waals surface area contributed by atoms with E-state index < -0.39 is 0 Å². The molecule has 1 saturated carbocycles. The van der Waals surface area contributed by atoms with Gasteiger partial charge in [-0.2, -0.15) is 0 Å². The maximum absolute atomic E-state index is 3.78. The van der Waals surface area contributed by atoms with Crippen molar-refractivity contribution < 1.29 is 0 Å². The lowest BCUT2D eigenvalue weighted by Crippen LogP contribution is -2.31. The molecule has 0 atom stereocenters. The molecule has 1 aliphatic rings. The van der Waals surface area contributed by atoms with Gasteiger partial charge in [-0.3, -0.25) is 0 Å². The Balaban J connectivity index is 1.87. The summed E-state index contributed by atoms with van der Waals surface area (Å²) in [5.41, 5.74) is 2.77. The van der Waals surface area contributed by atoms with Gasteiger partial charge in [-0.1, -0.05) is 50.0 Å². The number of hydrogen-bond donors (Lipinski definition) is 1. The third-order valence-electron chi connectivity index (χ3n) is 3.83. The largest absolute Gasteiger partial charge is 0.385 e. The zero-order chi connectivity index (χ0) is 14.2. The van der Waals surface area contributed by atoms with E-state index in [9.17, 15) is 0 Å². The normalized spacial score (nSPS) is 17.2. The minimum Gasteiger partial charge on any atom is -0.385 e. The van der Waals surface area contributed by atoms with Gasteiger partial charge in [0.05, 0.1) is 0 Å². The first kappa shape index (κ1) is 15.5. The highest BCUT2D eigenvalue weighted by Crippen LogP contribution is 2.23. The highest BCUT2D eigenvalue weighted by Gasteiger charge is 2.13. The maximum atomic E-state index is 3.78. The van der Waals surface area contributed by atoms with Crippen molar-refractivity contribution in [1.82, 2.24) is 5.32 Å². The minimum atomic E-state index is 0.708. The van der Waals surface area contributed by atoms with Crippen LogP contribution in [0.4, 0.5) is 0 Å². The van der Waals surface area contributed by atoms with Crippen LogP contribution in [0.25, 0.3) is 0 Å². The topological polar surface area (TPSA) is 12.0 Å². The molecule has 1 fully saturated rings. The molecule has 1 aromatic rings. The summed E-state index contributed by atoms with van der Waals surface area (Å²) < 4.78 is 0. The van der Waals surface area contributed by atoms with Crippen molar-refractivity contribution in [2.24, 2.45) is 0 Å². The van der Waals surface area contributed by atoms with Crippen molar-refractivity contribution in [2.45, 2.75) is 63.3 Å². The van der Waals surface area contributed by atoms with Crippen LogP contribution in [0.1, 0.15) is 51.0 Å². The monoisotopic (exact) mass is 289 g/mol. The maximum Gasteiger partial charge on any atom is 0.0376 e. The summed E-state index contributed by atoms with van der Waals surface area (Å²) in [5.74, 6) is 1.06. The first-order valence-corrected chi connectivity index (χ1v) is 8.91. The van der Waals surface area contributed by atoms with Crippen LogP contribution in [0.3, 0.4) is 0 Å². The molecule has 1 aliphatic carbocycles. The highest BCUT2D eigenvalue weighted by atomic mass is 32.2. The van der Waals surface area contributed by atoms with Crippen molar-refractivity contribution in [1.29, 1.82) is 0 Å². The Morgan fingerprint density at radius 1 is 1.30 bits per heavy atom. The predicted octanol–water partition coefficient (Wildman–Crippen LogP) is 5.30. The molecule has 1 N–H and O–H groups in total. The number of nitrogens with one attached hydrogen (secondary N) is 1.